The maximum absolute atomic E-state index is 12.5. The van der Waals surface area contributed by atoms with Crippen molar-refractivity contribution in [3.8, 4) is 6.07 Å². The van der Waals surface area contributed by atoms with Crippen molar-refractivity contribution in [3.63, 3.8) is 0 Å². The molecule has 2 aromatic carbocycles. The van der Waals surface area contributed by atoms with Crippen molar-refractivity contribution in [1.82, 2.24) is 0 Å². The number of hydrogen-bond acceptors (Lipinski definition) is 4. The summed E-state index contributed by atoms with van der Waals surface area (Å²) in [6.07, 6.45) is 0. The standard InChI is InChI=1S/C15H13BrN2O2S/c1-10-6-11(8-17)2-3-12(10)9-21(19,20)15-5-4-13(18)7-14(15)16/h2-7H,9,18H2,1H3. The number of halogens is 1. The van der Waals surface area contributed by atoms with Crippen LogP contribution >= 0.6 is 15.9 Å². The Balaban J connectivity index is 2.40. The number of rotatable bonds is 3. The zero-order valence-electron chi connectivity index (χ0n) is 11.3. The third kappa shape index (κ3) is 3.43. The van der Waals surface area contributed by atoms with Gasteiger partial charge in [-0.05, 0) is 64.3 Å². The molecule has 4 nitrogen and oxygen atoms in total. The molecule has 0 bridgehead atoms. The monoisotopic (exact) mass is 364 g/mol. The highest BCUT2D eigenvalue weighted by atomic mass is 79.9. The predicted molar refractivity (Wildman–Crippen MR) is 85.3 cm³/mol. The minimum atomic E-state index is -3.49. The Morgan fingerprint density at radius 1 is 1.24 bits per heavy atom. The SMILES string of the molecule is Cc1cc(C#N)ccc1CS(=O)(=O)c1ccc(N)cc1Br. The van der Waals surface area contributed by atoms with Crippen molar-refractivity contribution in [1.29, 1.82) is 5.26 Å². The second-order valence-corrected chi connectivity index (χ2v) is 7.51. The first-order valence-electron chi connectivity index (χ1n) is 6.11. The lowest BCUT2D eigenvalue weighted by Gasteiger charge is -2.10. The Morgan fingerprint density at radius 2 is 1.95 bits per heavy atom. The molecule has 0 amide bonds. The Labute approximate surface area is 132 Å². The molecule has 0 aliphatic heterocycles. The van der Waals surface area contributed by atoms with E-state index < -0.39 is 9.84 Å². The molecule has 0 saturated carbocycles. The number of nitriles is 1. The molecule has 6 heteroatoms. The number of aryl methyl sites for hydroxylation is 1. The fourth-order valence-corrected chi connectivity index (χ4v) is 4.64. The summed E-state index contributed by atoms with van der Waals surface area (Å²) in [5.41, 5.74) is 8.10. The number of benzene rings is 2. The summed E-state index contributed by atoms with van der Waals surface area (Å²) >= 11 is 3.24. The van der Waals surface area contributed by atoms with Gasteiger partial charge in [-0.3, -0.25) is 0 Å². The van der Waals surface area contributed by atoms with Gasteiger partial charge < -0.3 is 5.73 Å². The van der Waals surface area contributed by atoms with Gasteiger partial charge in [0.15, 0.2) is 9.84 Å². The van der Waals surface area contributed by atoms with E-state index in [0.717, 1.165) is 5.56 Å². The van der Waals surface area contributed by atoms with E-state index in [0.29, 0.717) is 21.3 Å². The summed E-state index contributed by atoms with van der Waals surface area (Å²) in [5.74, 6) is -0.118. The van der Waals surface area contributed by atoms with Gasteiger partial charge in [-0.25, -0.2) is 8.42 Å². The van der Waals surface area contributed by atoms with Gasteiger partial charge in [-0.1, -0.05) is 6.07 Å². The van der Waals surface area contributed by atoms with Crippen LogP contribution in [0.1, 0.15) is 16.7 Å². The lowest BCUT2D eigenvalue weighted by atomic mass is 10.1. The molecule has 2 N–H and O–H groups in total. The molecule has 21 heavy (non-hydrogen) atoms. The molecule has 0 heterocycles. The average molecular weight is 365 g/mol. The molecule has 0 aromatic heterocycles. The molecule has 108 valence electrons. The van der Waals surface area contributed by atoms with Gasteiger partial charge in [0, 0.05) is 10.2 Å². The number of sulfone groups is 1. The number of nitrogens with zero attached hydrogens (tertiary/aromatic N) is 1. The van der Waals surface area contributed by atoms with Crippen LogP contribution < -0.4 is 5.73 Å². The summed E-state index contributed by atoms with van der Waals surface area (Å²) < 4.78 is 25.5. The van der Waals surface area contributed by atoms with E-state index >= 15 is 0 Å². The van der Waals surface area contributed by atoms with Gasteiger partial charge >= 0.3 is 0 Å². The third-order valence-electron chi connectivity index (χ3n) is 3.11. The fraction of sp³-hybridized carbons (Fsp3) is 0.133. The summed E-state index contributed by atoms with van der Waals surface area (Å²) in [5, 5.41) is 8.84. The second-order valence-electron chi connectivity index (χ2n) is 4.70. The maximum Gasteiger partial charge on any atom is 0.183 e. The molecule has 0 spiro atoms. The van der Waals surface area contributed by atoms with Crippen LogP contribution in [-0.4, -0.2) is 8.42 Å². The highest BCUT2D eigenvalue weighted by molar-refractivity contribution is 9.10. The molecule has 2 aromatic rings. The van der Waals surface area contributed by atoms with E-state index in [1.54, 1.807) is 37.3 Å². The van der Waals surface area contributed by atoms with E-state index in [1.165, 1.54) is 6.07 Å². The van der Waals surface area contributed by atoms with E-state index in [-0.39, 0.29) is 10.6 Å². The van der Waals surface area contributed by atoms with Crippen molar-refractivity contribution in [2.75, 3.05) is 5.73 Å². The number of nitrogen functional groups attached to an aromatic ring is 1. The van der Waals surface area contributed by atoms with Crippen molar-refractivity contribution in [3.05, 3.63) is 57.6 Å². The third-order valence-corrected chi connectivity index (χ3v) is 5.74. The Bertz CT molecular complexity index is 839. The van der Waals surface area contributed by atoms with E-state index in [9.17, 15) is 8.42 Å². The molecule has 0 radical (unpaired) electrons. The van der Waals surface area contributed by atoms with Gasteiger partial charge in [-0.15, -0.1) is 0 Å². The van der Waals surface area contributed by atoms with Gasteiger partial charge in [0.05, 0.1) is 22.3 Å². The largest absolute Gasteiger partial charge is 0.399 e. The average Bonchev–Trinajstić information content (AvgIpc) is 2.40. The Kier molecular flexibility index (Phi) is 4.35. The molecule has 2 rings (SSSR count). The second kappa shape index (κ2) is 5.88. The molecule has 0 fully saturated rings. The quantitative estimate of drug-likeness (QED) is 0.847. The first-order chi connectivity index (χ1) is 9.83. The predicted octanol–water partition coefficient (Wildman–Crippen LogP) is 3.19. The van der Waals surface area contributed by atoms with Crippen LogP contribution in [0, 0.1) is 18.3 Å². The molecular weight excluding hydrogens is 352 g/mol. The fourth-order valence-electron chi connectivity index (χ4n) is 1.98. The lowest BCUT2D eigenvalue weighted by Crippen LogP contribution is -2.07. The van der Waals surface area contributed by atoms with Crippen LogP contribution in [0.4, 0.5) is 5.69 Å². The minimum Gasteiger partial charge on any atom is -0.399 e. The van der Waals surface area contributed by atoms with Crippen LogP contribution in [0.3, 0.4) is 0 Å². The van der Waals surface area contributed by atoms with Crippen molar-refractivity contribution < 1.29 is 8.42 Å². The van der Waals surface area contributed by atoms with Gasteiger partial charge in [-0.2, -0.15) is 5.26 Å². The first-order valence-corrected chi connectivity index (χ1v) is 8.55. The number of nitrogens with two attached hydrogens (primary N) is 1. The van der Waals surface area contributed by atoms with Crippen molar-refractivity contribution in [2.45, 2.75) is 17.6 Å². The zero-order valence-corrected chi connectivity index (χ0v) is 13.7. The summed E-state index contributed by atoms with van der Waals surface area (Å²) in [6, 6.07) is 11.6. The van der Waals surface area contributed by atoms with E-state index in [1.807, 2.05) is 6.07 Å². The highest BCUT2D eigenvalue weighted by Crippen LogP contribution is 2.27. The van der Waals surface area contributed by atoms with E-state index in [2.05, 4.69) is 15.9 Å². The molecule has 0 atom stereocenters. The van der Waals surface area contributed by atoms with Crippen molar-refractivity contribution in [2.24, 2.45) is 0 Å². The van der Waals surface area contributed by atoms with E-state index in [4.69, 9.17) is 11.0 Å². The minimum absolute atomic E-state index is 0.118. The highest BCUT2D eigenvalue weighted by Gasteiger charge is 2.19. The topological polar surface area (TPSA) is 84.0 Å². The number of hydrogen-bond donors (Lipinski definition) is 1. The van der Waals surface area contributed by atoms with Crippen LogP contribution in [0.15, 0.2) is 45.8 Å². The smallest absolute Gasteiger partial charge is 0.183 e. The molecule has 0 unspecified atom stereocenters. The van der Waals surface area contributed by atoms with Crippen LogP contribution in [-0.2, 0) is 15.6 Å². The Morgan fingerprint density at radius 3 is 2.52 bits per heavy atom. The van der Waals surface area contributed by atoms with Crippen LogP contribution in [0.5, 0.6) is 0 Å². The van der Waals surface area contributed by atoms with Gasteiger partial charge in [0.25, 0.3) is 0 Å². The maximum atomic E-state index is 12.5. The summed E-state index contributed by atoms with van der Waals surface area (Å²) in [7, 11) is -3.49. The van der Waals surface area contributed by atoms with Crippen molar-refractivity contribution >= 4 is 31.5 Å². The molecule has 0 aliphatic rings. The van der Waals surface area contributed by atoms with Gasteiger partial charge in [0.2, 0.25) is 0 Å². The molecule has 0 saturated heterocycles. The number of anilines is 1. The molecule has 0 aliphatic carbocycles. The first kappa shape index (κ1) is 15.5. The van der Waals surface area contributed by atoms with Crippen LogP contribution in [0.25, 0.3) is 0 Å². The summed E-state index contributed by atoms with van der Waals surface area (Å²) in [6.45, 7) is 1.80. The summed E-state index contributed by atoms with van der Waals surface area (Å²) in [4.78, 5) is 0.209. The zero-order chi connectivity index (χ0) is 15.6. The normalized spacial score (nSPS) is 11.1. The lowest BCUT2D eigenvalue weighted by molar-refractivity contribution is 0.594. The Hall–Kier alpha value is -1.84. The van der Waals surface area contributed by atoms with Gasteiger partial charge in [0.1, 0.15) is 0 Å². The van der Waals surface area contributed by atoms with Crippen LogP contribution in [0.2, 0.25) is 0 Å². The molecular formula is C15H13BrN2O2S.